The maximum Gasteiger partial charge on any atom is 0.339 e. The fourth-order valence-corrected chi connectivity index (χ4v) is 3.92. The molecule has 0 bridgehead atoms. The number of ether oxygens (including phenoxy) is 1. The van der Waals surface area contributed by atoms with Crippen LogP contribution in [-0.2, 0) is 9.53 Å². The van der Waals surface area contributed by atoms with E-state index < -0.39 is 18.5 Å². The van der Waals surface area contributed by atoms with Gasteiger partial charge in [-0.05, 0) is 36.4 Å². The Kier molecular flexibility index (Phi) is 6.76. The number of fused-ring (bicyclic) bond motifs is 1. The molecule has 0 radical (unpaired) electrons. The van der Waals surface area contributed by atoms with Gasteiger partial charge >= 0.3 is 5.97 Å². The summed E-state index contributed by atoms with van der Waals surface area (Å²) in [5, 5.41) is 3.29. The summed E-state index contributed by atoms with van der Waals surface area (Å²) in [6.07, 6.45) is 1.65. The van der Waals surface area contributed by atoms with E-state index in [0.717, 1.165) is 0 Å². The predicted molar refractivity (Wildman–Crippen MR) is 140 cm³/mol. The summed E-state index contributed by atoms with van der Waals surface area (Å²) in [4.78, 5) is 47.6. The van der Waals surface area contributed by atoms with Crippen molar-refractivity contribution in [3.63, 3.8) is 0 Å². The second-order valence-electron chi connectivity index (χ2n) is 8.15. The Morgan fingerprint density at radius 3 is 2.27 bits per heavy atom. The van der Waals surface area contributed by atoms with Crippen LogP contribution >= 0.6 is 0 Å². The molecule has 0 spiro atoms. The largest absolute Gasteiger partial charge is 0.452 e. The van der Waals surface area contributed by atoms with Crippen molar-refractivity contribution >= 4 is 34.3 Å². The van der Waals surface area contributed by atoms with Crippen molar-refractivity contribution in [2.24, 2.45) is 0 Å². The van der Waals surface area contributed by atoms with Crippen LogP contribution in [0.1, 0.15) is 26.3 Å². The third-order valence-electron chi connectivity index (χ3n) is 5.68. The van der Waals surface area contributed by atoms with Gasteiger partial charge in [0, 0.05) is 22.7 Å². The second kappa shape index (κ2) is 10.6. The molecule has 2 aromatic heterocycles. The molecule has 5 aromatic rings. The molecule has 0 unspecified atom stereocenters. The van der Waals surface area contributed by atoms with E-state index in [1.165, 1.54) is 0 Å². The van der Waals surface area contributed by atoms with Crippen molar-refractivity contribution in [2.75, 3.05) is 11.9 Å². The summed E-state index contributed by atoms with van der Waals surface area (Å²) in [5.74, 6) is -1.46. The molecule has 180 valence electrons. The van der Waals surface area contributed by atoms with Crippen LogP contribution in [0.5, 0.6) is 0 Å². The average Bonchev–Trinajstić information content (AvgIpc) is 2.96. The van der Waals surface area contributed by atoms with Crippen LogP contribution in [0.3, 0.4) is 0 Å². The summed E-state index contributed by atoms with van der Waals surface area (Å²) in [7, 11) is 0. The first-order chi connectivity index (χ1) is 18.1. The SMILES string of the molecule is O=C(COC(=O)c1cc(-c2ccccn2)nc2ccccc12)Nc1ccccc1C(=O)c1ccccc1. The number of pyridine rings is 2. The Morgan fingerprint density at radius 1 is 0.730 bits per heavy atom. The number of hydrogen-bond acceptors (Lipinski definition) is 6. The van der Waals surface area contributed by atoms with Gasteiger partial charge in [-0.1, -0.05) is 66.7 Å². The van der Waals surface area contributed by atoms with Gasteiger partial charge < -0.3 is 10.1 Å². The molecule has 0 aliphatic carbocycles. The topological polar surface area (TPSA) is 98.2 Å². The normalized spacial score (nSPS) is 10.6. The van der Waals surface area contributed by atoms with Crippen molar-refractivity contribution in [3.05, 3.63) is 126 Å². The lowest BCUT2D eigenvalue weighted by atomic mass is 10.0. The van der Waals surface area contributed by atoms with Crippen molar-refractivity contribution in [3.8, 4) is 11.4 Å². The standard InChI is InChI=1S/C30H21N3O4/c34-28(33-25-15-7-5-13-22(25)29(35)20-10-2-1-3-11-20)19-37-30(36)23-18-27(26-16-8-9-17-31-26)32-24-14-6-4-12-21(23)24/h1-18H,19H2,(H,33,34). The first-order valence-corrected chi connectivity index (χ1v) is 11.6. The van der Waals surface area contributed by atoms with Gasteiger partial charge in [0.2, 0.25) is 0 Å². The molecule has 7 nitrogen and oxygen atoms in total. The minimum Gasteiger partial charge on any atom is -0.452 e. The Bertz CT molecular complexity index is 1600. The number of carbonyl (C=O) groups excluding carboxylic acids is 3. The summed E-state index contributed by atoms with van der Waals surface area (Å²) in [6.45, 7) is -0.526. The highest BCUT2D eigenvalue weighted by Crippen LogP contribution is 2.24. The van der Waals surface area contributed by atoms with E-state index in [2.05, 4.69) is 15.3 Å². The zero-order valence-corrected chi connectivity index (χ0v) is 19.6. The lowest BCUT2D eigenvalue weighted by Crippen LogP contribution is -2.22. The Morgan fingerprint density at radius 2 is 1.46 bits per heavy atom. The number of para-hydroxylation sites is 2. The van der Waals surface area contributed by atoms with Gasteiger partial charge in [0.05, 0.1) is 28.2 Å². The Balaban J connectivity index is 1.33. The molecule has 5 rings (SSSR count). The van der Waals surface area contributed by atoms with Crippen molar-refractivity contribution in [1.29, 1.82) is 0 Å². The number of ketones is 1. The fraction of sp³-hybridized carbons (Fsp3) is 0.0333. The minimum absolute atomic E-state index is 0.223. The van der Waals surface area contributed by atoms with Crippen molar-refractivity contribution < 1.29 is 19.1 Å². The number of nitrogens with zero attached hydrogens (tertiary/aromatic N) is 2. The van der Waals surface area contributed by atoms with E-state index in [1.807, 2.05) is 18.2 Å². The molecule has 0 saturated carbocycles. The summed E-state index contributed by atoms with van der Waals surface area (Å²) in [6, 6.07) is 29.7. The molecule has 37 heavy (non-hydrogen) atoms. The Labute approximate surface area is 212 Å². The second-order valence-corrected chi connectivity index (χ2v) is 8.15. The van der Waals surface area contributed by atoms with Crippen molar-refractivity contribution in [1.82, 2.24) is 9.97 Å². The molecule has 7 heteroatoms. The number of nitrogens with one attached hydrogen (secondary N) is 1. The quantitative estimate of drug-likeness (QED) is 0.246. The highest BCUT2D eigenvalue weighted by atomic mass is 16.5. The van der Waals surface area contributed by atoms with Gasteiger partial charge in [0.25, 0.3) is 5.91 Å². The maximum absolute atomic E-state index is 13.1. The van der Waals surface area contributed by atoms with E-state index in [-0.39, 0.29) is 11.3 Å². The molecular formula is C30H21N3O4. The van der Waals surface area contributed by atoms with Crippen LogP contribution in [0.15, 0.2) is 109 Å². The molecule has 0 atom stereocenters. The smallest absolute Gasteiger partial charge is 0.339 e. The number of hydrogen-bond donors (Lipinski definition) is 1. The van der Waals surface area contributed by atoms with Crippen LogP contribution < -0.4 is 5.32 Å². The zero-order chi connectivity index (χ0) is 25.6. The molecule has 0 aliphatic heterocycles. The Hall–Kier alpha value is -5.17. The maximum atomic E-state index is 13.1. The number of aromatic nitrogens is 2. The molecule has 0 fully saturated rings. The summed E-state index contributed by atoms with van der Waals surface area (Å²) in [5.41, 5.74) is 3.19. The monoisotopic (exact) mass is 487 g/mol. The molecule has 1 amide bonds. The molecule has 3 aromatic carbocycles. The van der Waals surface area contributed by atoms with E-state index in [9.17, 15) is 14.4 Å². The van der Waals surface area contributed by atoms with Gasteiger partial charge in [-0.2, -0.15) is 0 Å². The molecule has 0 aliphatic rings. The molecular weight excluding hydrogens is 466 g/mol. The lowest BCUT2D eigenvalue weighted by molar-refractivity contribution is -0.119. The fourth-order valence-electron chi connectivity index (χ4n) is 3.92. The number of rotatable bonds is 7. The third-order valence-corrected chi connectivity index (χ3v) is 5.68. The van der Waals surface area contributed by atoms with Crippen molar-refractivity contribution in [2.45, 2.75) is 0 Å². The number of amides is 1. The molecule has 2 heterocycles. The first kappa shape index (κ1) is 23.6. The third kappa shape index (κ3) is 5.26. The molecule has 0 saturated heterocycles. The zero-order valence-electron chi connectivity index (χ0n) is 19.6. The van der Waals surface area contributed by atoms with E-state index >= 15 is 0 Å². The van der Waals surface area contributed by atoms with Crippen LogP contribution in [0.2, 0.25) is 0 Å². The van der Waals surface area contributed by atoms with Crippen LogP contribution in [0.25, 0.3) is 22.3 Å². The van der Waals surface area contributed by atoms with Crippen LogP contribution in [0, 0.1) is 0 Å². The van der Waals surface area contributed by atoms with E-state index in [0.29, 0.717) is 39.1 Å². The summed E-state index contributed by atoms with van der Waals surface area (Å²) >= 11 is 0. The molecule has 1 N–H and O–H groups in total. The average molecular weight is 488 g/mol. The van der Waals surface area contributed by atoms with Crippen LogP contribution in [0.4, 0.5) is 5.69 Å². The number of anilines is 1. The predicted octanol–water partition coefficient (Wildman–Crippen LogP) is 5.32. The lowest BCUT2D eigenvalue weighted by Gasteiger charge is -2.12. The highest BCUT2D eigenvalue weighted by molar-refractivity contribution is 6.14. The number of benzene rings is 3. The van der Waals surface area contributed by atoms with Crippen LogP contribution in [-0.4, -0.2) is 34.2 Å². The van der Waals surface area contributed by atoms with Gasteiger partial charge in [-0.3, -0.25) is 14.6 Å². The number of carbonyl (C=O) groups is 3. The van der Waals surface area contributed by atoms with Gasteiger partial charge in [-0.25, -0.2) is 9.78 Å². The minimum atomic E-state index is -0.667. The van der Waals surface area contributed by atoms with E-state index in [1.54, 1.807) is 91.1 Å². The number of esters is 1. The van der Waals surface area contributed by atoms with Gasteiger partial charge in [0.1, 0.15) is 0 Å². The van der Waals surface area contributed by atoms with Gasteiger partial charge in [-0.15, -0.1) is 0 Å². The highest BCUT2D eigenvalue weighted by Gasteiger charge is 2.19. The van der Waals surface area contributed by atoms with E-state index in [4.69, 9.17) is 4.74 Å². The summed E-state index contributed by atoms with van der Waals surface area (Å²) < 4.78 is 5.36. The first-order valence-electron chi connectivity index (χ1n) is 11.6. The van der Waals surface area contributed by atoms with Gasteiger partial charge in [0.15, 0.2) is 12.4 Å².